The molecule has 22 heavy (non-hydrogen) atoms. The molecule has 0 bridgehead atoms. The summed E-state index contributed by atoms with van der Waals surface area (Å²) in [5, 5.41) is 3.39. The first-order valence-electron chi connectivity index (χ1n) is 7.01. The predicted molar refractivity (Wildman–Crippen MR) is 84.3 cm³/mol. The summed E-state index contributed by atoms with van der Waals surface area (Å²) in [6.45, 7) is 1.25. The van der Waals surface area contributed by atoms with Gasteiger partial charge < -0.3 is 19.0 Å². The number of hydrogen-bond acceptors (Lipinski definition) is 4. The SMILES string of the molecule is COc1cccc2cc(C(=O)NCC[N+](C)(C)C)c(=O)oc12. The van der Waals surface area contributed by atoms with E-state index >= 15 is 0 Å². The Kier molecular flexibility index (Phi) is 4.51. The number of fused-ring (bicyclic) bond motifs is 1. The molecule has 0 radical (unpaired) electrons. The van der Waals surface area contributed by atoms with Crippen LogP contribution in [0.2, 0.25) is 0 Å². The second-order valence-electron chi connectivity index (χ2n) is 6.10. The number of benzene rings is 1. The van der Waals surface area contributed by atoms with Gasteiger partial charge >= 0.3 is 5.63 Å². The topological polar surface area (TPSA) is 68.5 Å². The van der Waals surface area contributed by atoms with E-state index in [1.165, 1.54) is 13.2 Å². The minimum atomic E-state index is -0.667. The maximum Gasteiger partial charge on any atom is 0.349 e. The normalized spacial score (nSPS) is 11.5. The van der Waals surface area contributed by atoms with E-state index in [4.69, 9.17) is 9.15 Å². The summed E-state index contributed by atoms with van der Waals surface area (Å²) in [6, 6.07) is 6.78. The molecule has 0 saturated heterocycles. The molecule has 0 saturated carbocycles. The molecule has 0 fully saturated rings. The highest BCUT2D eigenvalue weighted by Crippen LogP contribution is 2.24. The molecule has 0 aliphatic carbocycles. The van der Waals surface area contributed by atoms with E-state index in [2.05, 4.69) is 5.32 Å². The van der Waals surface area contributed by atoms with Gasteiger partial charge in [0, 0.05) is 5.39 Å². The van der Waals surface area contributed by atoms with Crippen molar-refractivity contribution in [1.82, 2.24) is 5.32 Å². The molecule has 1 aromatic carbocycles. The van der Waals surface area contributed by atoms with Crippen LogP contribution in [0.1, 0.15) is 10.4 Å². The molecular formula is C16H21N2O4+. The van der Waals surface area contributed by atoms with Gasteiger partial charge in [0.15, 0.2) is 11.3 Å². The van der Waals surface area contributed by atoms with Crippen LogP contribution in [0.4, 0.5) is 0 Å². The number of para-hydroxylation sites is 1. The van der Waals surface area contributed by atoms with Gasteiger partial charge in [0.2, 0.25) is 0 Å². The Hall–Kier alpha value is -2.34. The van der Waals surface area contributed by atoms with Gasteiger partial charge in [0.05, 0.1) is 41.3 Å². The number of methoxy groups -OCH3 is 1. The Labute approximate surface area is 128 Å². The summed E-state index contributed by atoms with van der Waals surface area (Å²) >= 11 is 0. The van der Waals surface area contributed by atoms with Crippen molar-refractivity contribution in [3.05, 3.63) is 40.2 Å². The zero-order chi connectivity index (χ0) is 16.3. The Bertz CT molecular complexity index is 744. The molecule has 2 aromatic rings. The molecule has 0 atom stereocenters. The number of nitrogens with zero attached hydrogens (tertiary/aromatic N) is 1. The van der Waals surface area contributed by atoms with E-state index in [0.29, 0.717) is 23.3 Å². The van der Waals surface area contributed by atoms with Crippen molar-refractivity contribution in [3.63, 3.8) is 0 Å². The van der Waals surface area contributed by atoms with E-state index in [0.717, 1.165) is 11.0 Å². The first-order chi connectivity index (χ1) is 10.3. The zero-order valence-corrected chi connectivity index (χ0v) is 13.3. The first kappa shape index (κ1) is 16.0. The van der Waals surface area contributed by atoms with Crippen LogP contribution in [0.25, 0.3) is 11.0 Å². The lowest BCUT2D eigenvalue weighted by atomic mass is 10.1. The lowest BCUT2D eigenvalue weighted by molar-refractivity contribution is -0.869. The molecule has 1 aromatic heterocycles. The summed E-state index contributed by atoms with van der Waals surface area (Å²) in [4.78, 5) is 24.2. The van der Waals surface area contributed by atoms with Gasteiger partial charge in [0.25, 0.3) is 5.91 Å². The zero-order valence-electron chi connectivity index (χ0n) is 13.3. The summed E-state index contributed by atoms with van der Waals surface area (Å²) in [5.74, 6) is 0.0403. The van der Waals surface area contributed by atoms with E-state index in [-0.39, 0.29) is 5.56 Å². The van der Waals surface area contributed by atoms with Crippen molar-refractivity contribution in [2.45, 2.75) is 0 Å². The molecular weight excluding hydrogens is 284 g/mol. The molecule has 1 heterocycles. The Morgan fingerprint density at radius 2 is 2.05 bits per heavy atom. The fraction of sp³-hybridized carbons (Fsp3) is 0.375. The first-order valence-corrected chi connectivity index (χ1v) is 7.01. The predicted octanol–water partition coefficient (Wildman–Crippen LogP) is 1.24. The van der Waals surface area contributed by atoms with Crippen molar-refractivity contribution >= 4 is 16.9 Å². The molecule has 118 valence electrons. The van der Waals surface area contributed by atoms with Crippen molar-refractivity contribution in [2.24, 2.45) is 0 Å². The molecule has 0 aliphatic rings. The second kappa shape index (κ2) is 6.19. The second-order valence-corrected chi connectivity index (χ2v) is 6.10. The number of nitrogens with one attached hydrogen (secondary N) is 1. The highest BCUT2D eigenvalue weighted by molar-refractivity contribution is 5.97. The van der Waals surface area contributed by atoms with Crippen LogP contribution in [-0.2, 0) is 0 Å². The number of ether oxygens (including phenoxy) is 1. The quantitative estimate of drug-likeness (QED) is 0.666. The van der Waals surface area contributed by atoms with Crippen LogP contribution in [0, 0.1) is 0 Å². The number of carbonyl (C=O) groups is 1. The summed E-state index contributed by atoms with van der Waals surface area (Å²) in [5.41, 5.74) is -0.320. The molecule has 0 aliphatic heterocycles. The van der Waals surface area contributed by atoms with Crippen LogP contribution in [0.5, 0.6) is 5.75 Å². The van der Waals surface area contributed by atoms with Gasteiger partial charge in [-0.3, -0.25) is 4.79 Å². The summed E-state index contributed by atoms with van der Waals surface area (Å²) in [6.07, 6.45) is 0. The third-order valence-corrected chi connectivity index (χ3v) is 3.26. The highest BCUT2D eigenvalue weighted by Gasteiger charge is 2.16. The average molecular weight is 305 g/mol. The van der Waals surface area contributed by atoms with Crippen molar-refractivity contribution in [1.29, 1.82) is 0 Å². The smallest absolute Gasteiger partial charge is 0.349 e. The van der Waals surface area contributed by atoms with E-state index < -0.39 is 11.5 Å². The number of amides is 1. The van der Waals surface area contributed by atoms with Gasteiger partial charge in [-0.1, -0.05) is 12.1 Å². The van der Waals surface area contributed by atoms with Crippen LogP contribution >= 0.6 is 0 Å². The lowest BCUT2D eigenvalue weighted by Gasteiger charge is -2.23. The van der Waals surface area contributed by atoms with E-state index in [1.54, 1.807) is 18.2 Å². The Morgan fingerprint density at radius 1 is 1.32 bits per heavy atom. The van der Waals surface area contributed by atoms with Crippen LogP contribution < -0.4 is 15.7 Å². The summed E-state index contributed by atoms with van der Waals surface area (Å²) in [7, 11) is 7.59. The maximum atomic E-state index is 12.1. The van der Waals surface area contributed by atoms with Crippen molar-refractivity contribution < 1.29 is 18.4 Å². The molecule has 1 N–H and O–H groups in total. The molecule has 0 spiro atoms. The monoisotopic (exact) mass is 305 g/mol. The van der Waals surface area contributed by atoms with E-state index in [9.17, 15) is 9.59 Å². The van der Waals surface area contributed by atoms with Gasteiger partial charge in [0.1, 0.15) is 5.56 Å². The Morgan fingerprint density at radius 3 is 2.68 bits per heavy atom. The number of rotatable bonds is 5. The fourth-order valence-electron chi connectivity index (χ4n) is 2.04. The molecule has 6 nitrogen and oxygen atoms in total. The van der Waals surface area contributed by atoms with Gasteiger partial charge in [-0.05, 0) is 12.1 Å². The largest absolute Gasteiger partial charge is 0.493 e. The highest BCUT2D eigenvalue weighted by atomic mass is 16.5. The molecule has 6 heteroatoms. The van der Waals surface area contributed by atoms with Gasteiger partial charge in [-0.15, -0.1) is 0 Å². The van der Waals surface area contributed by atoms with Crippen LogP contribution in [0.3, 0.4) is 0 Å². The molecule has 0 unspecified atom stereocenters. The third-order valence-electron chi connectivity index (χ3n) is 3.26. The van der Waals surface area contributed by atoms with Crippen LogP contribution in [0.15, 0.2) is 33.5 Å². The Balaban J connectivity index is 2.26. The number of carbonyl (C=O) groups excluding carboxylic acids is 1. The number of hydrogen-bond donors (Lipinski definition) is 1. The lowest BCUT2D eigenvalue weighted by Crippen LogP contribution is -2.42. The van der Waals surface area contributed by atoms with Crippen molar-refractivity contribution in [2.75, 3.05) is 41.3 Å². The molecule has 1 amide bonds. The standard InChI is InChI=1S/C16H20N2O4/c1-18(2,3)9-8-17-15(19)12-10-11-6-5-7-13(21-4)14(11)22-16(12)20/h5-7,10H,8-9H2,1-4H3/p+1. The number of quaternary nitrogens is 1. The van der Waals surface area contributed by atoms with Gasteiger partial charge in [-0.25, -0.2) is 4.79 Å². The third kappa shape index (κ3) is 3.65. The minimum Gasteiger partial charge on any atom is -0.493 e. The summed E-state index contributed by atoms with van der Waals surface area (Å²) < 4.78 is 11.1. The number of likely N-dealkylation sites (N-methyl/N-ethyl adjacent to an activating group) is 1. The van der Waals surface area contributed by atoms with Crippen molar-refractivity contribution in [3.8, 4) is 5.75 Å². The fourth-order valence-corrected chi connectivity index (χ4v) is 2.04. The average Bonchev–Trinajstić information content (AvgIpc) is 2.44. The maximum absolute atomic E-state index is 12.1. The van der Waals surface area contributed by atoms with Gasteiger partial charge in [-0.2, -0.15) is 0 Å². The van der Waals surface area contributed by atoms with E-state index in [1.807, 2.05) is 21.1 Å². The molecule has 2 rings (SSSR count). The van der Waals surface area contributed by atoms with Crippen LogP contribution in [-0.4, -0.2) is 51.7 Å². The minimum absolute atomic E-state index is 0.00200.